The number of aryl methyl sites for hydroxylation is 3. The number of nitrogens with zero attached hydrogens (tertiary/aromatic N) is 2. The van der Waals surface area contributed by atoms with Gasteiger partial charge in [-0.15, -0.1) is 11.3 Å². The van der Waals surface area contributed by atoms with Crippen LogP contribution in [-0.2, 0) is 41.3 Å². The molecule has 1 unspecified atom stereocenters. The molecule has 0 radical (unpaired) electrons. The molecule has 1 aliphatic carbocycles. The summed E-state index contributed by atoms with van der Waals surface area (Å²) in [5, 5.41) is 16.2. The predicted octanol–water partition coefficient (Wildman–Crippen LogP) is 7.47. The van der Waals surface area contributed by atoms with Crippen LogP contribution in [-0.4, -0.2) is 34.0 Å². The first-order valence-electron chi connectivity index (χ1n) is 14.4. The first-order chi connectivity index (χ1) is 19.0. The Morgan fingerprint density at radius 2 is 1.93 bits per heavy atom. The van der Waals surface area contributed by atoms with Gasteiger partial charge in [0.1, 0.15) is 5.82 Å². The average Bonchev–Trinajstić information content (AvgIpc) is 3.62. The molecule has 1 saturated carbocycles. The molecule has 2 aliphatic rings. The molecule has 5 rings (SSSR count). The van der Waals surface area contributed by atoms with Crippen molar-refractivity contribution in [3.63, 3.8) is 0 Å². The first kappa shape index (κ1) is 28.7. The second-order valence-electron chi connectivity index (χ2n) is 12.5. The maximum atomic E-state index is 14.1. The van der Waals surface area contributed by atoms with E-state index in [0.29, 0.717) is 24.8 Å². The van der Waals surface area contributed by atoms with Crippen LogP contribution in [0.25, 0.3) is 0 Å². The Balaban J connectivity index is 1.30. The molecule has 1 atom stereocenters. The highest BCUT2D eigenvalue weighted by Crippen LogP contribution is 2.53. The van der Waals surface area contributed by atoms with Gasteiger partial charge in [-0.05, 0) is 91.0 Å². The third kappa shape index (κ3) is 6.54. The number of aromatic nitrogens is 2. The van der Waals surface area contributed by atoms with Crippen LogP contribution < -0.4 is 5.32 Å². The number of carboxylic acid groups (broad SMARTS) is 1. The molecule has 5 nitrogen and oxygen atoms in total. The normalized spacial score (nSPS) is 16.9. The van der Waals surface area contributed by atoms with Gasteiger partial charge in [0.15, 0.2) is 0 Å². The van der Waals surface area contributed by atoms with E-state index in [1.807, 2.05) is 23.6 Å². The summed E-state index contributed by atoms with van der Waals surface area (Å²) in [6.45, 7) is 7.16. The summed E-state index contributed by atoms with van der Waals surface area (Å²) in [6.07, 6.45) is 3.77. The maximum Gasteiger partial charge on any atom is 0.303 e. The van der Waals surface area contributed by atoms with Crippen LogP contribution in [0.15, 0.2) is 35.7 Å². The van der Waals surface area contributed by atoms with E-state index in [0.717, 1.165) is 72.0 Å². The highest BCUT2D eigenvalue weighted by atomic mass is 32.1. The summed E-state index contributed by atoms with van der Waals surface area (Å²) in [6, 6.07) is 10.1. The summed E-state index contributed by atoms with van der Waals surface area (Å²) >= 11 is 1.60. The Bertz CT molecular complexity index is 1360. The van der Waals surface area contributed by atoms with Gasteiger partial charge < -0.3 is 10.4 Å². The topological polar surface area (TPSA) is 75.1 Å². The van der Waals surface area contributed by atoms with Gasteiger partial charge in [0.05, 0.1) is 22.5 Å². The van der Waals surface area contributed by atoms with E-state index in [2.05, 4.69) is 38.2 Å². The van der Waals surface area contributed by atoms with Crippen LogP contribution >= 0.6 is 11.3 Å². The molecule has 1 aromatic carbocycles. The molecule has 0 spiro atoms. The van der Waals surface area contributed by atoms with Gasteiger partial charge in [-0.1, -0.05) is 45.0 Å². The number of alkyl halides is 2. The molecule has 0 bridgehead atoms. The van der Waals surface area contributed by atoms with E-state index < -0.39 is 17.8 Å². The number of pyridine rings is 1. The fraction of sp³-hybridized carbons (Fsp3) is 0.531. The number of aliphatic carboxylic acids is 1. The van der Waals surface area contributed by atoms with Crippen LogP contribution in [0, 0.1) is 0 Å². The quantitative estimate of drug-likeness (QED) is 0.251. The molecule has 0 saturated heterocycles. The number of carboxylic acids is 1. The summed E-state index contributed by atoms with van der Waals surface area (Å²) in [5.41, 5.74) is 4.32. The lowest BCUT2D eigenvalue weighted by molar-refractivity contribution is -0.137. The largest absolute Gasteiger partial charge is 0.481 e. The molecule has 2 aromatic heterocycles. The molecule has 214 valence electrons. The van der Waals surface area contributed by atoms with Crippen molar-refractivity contribution in [1.29, 1.82) is 0 Å². The van der Waals surface area contributed by atoms with Gasteiger partial charge in [-0.25, -0.2) is 18.7 Å². The number of thiazole rings is 1. The monoisotopic (exact) mass is 567 g/mol. The lowest BCUT2D eigenvalue weighted by atomic mass is 9.79. The SMILES string of the molecule is CC(C)(C)c1cc(C(CC(=O)O)Cc2csc(CCCc3ccc4c(n3)NCCC4)n2)cc(C2(C(F)F)CC2)c1. The fourth-order valence-electron chi connectivity index (χ4n) is 5.63. The predicted molar refractivity (Wildman–Crippen MR) is 156 cm³/mol. The Morgan fingerprint density at radius 3 is 2.62 bits per heavy atom. The minimum atomic E-state index is -2.43. The molecule has 1 aliphatic heterocycles. The zero-order chi connectivity index (χ0) is 28.5. The average molecular weight is 568 g/mol. The van der Waals surface area contributed by atoms with Crippen LogP contribution in [0.5, 0.6) is 0 Å². The highest BCUT2D eigenvalue weighted by molar-refractivity contribution is 7.09. The molecule has 1 fully saturated rings. The van der Waals surface area contributed by atoms with Gasteiger partial charge in [0.25, 0.3) is 0 Å². The van der Waals surface area contributed by atoms with Crippen LogP contribution in [0.1, 0.15) is 97.4 Å². The smallest absolute Gasteiger partial charge is 0.303 e. The Kier molecular flexibility index (Phi) is 8.27. The molecular weight excluding hydrogens is 528 g/mol. The lowest BCUT2D eigenvalue weighted by Gasteiger charge is -2.26. The molecule has 3 aromatic rings. The standard InChI is InChI=1S/C32H39F2N3O2S/c1-31(2,3)23-14-21(15-24(18-23)32(11-12-32)30(33)34)22(17-28(38)39)16-26-19-40-27(36-26)8-4-7-25-10-9-20-6-5-13-35-29(20)37-25/h9-10,14-15,18-19,22,30H,4-8,11-13,16-17H2,1-3H3,(H,35,37)(H,38,39). The Labute approximate surface area is 239 Å². The minimum absolute atomic E-state index is 0.0698. The van der Waals surface area contributed by atoms with E-state index in [-0.39, 0.29) is 17.8 Å². The van der Waals surface area contributed by atoms with E-state index >= 15 is 0 Å². The van der Waals surface area contributed by atoms with E-state index in [9.17, 15) is 18.7 Å². The number of anilines is 1. The Hall–Kier alpha value is -2.87. The summed E-state index contributed by atoms with van der Waals surface area (Å²) < 4.78 is 28.1. The van der Waals surface area contributed by atoms with E-state index in [1.165, 1.54) is 5.56 Å². The number of halogens is 2. The van der Waals surface area contributed by atoms with Crippen molar-refractivity contribution in [3.05, 3.63) is 74.4 Å². The lowest BCUT2D eigenvalue weighted by Crippen LogP contribution is -2.21. The third-order valence-corrected chi connectivity index (χ3v) is 9.28. The first-order valence-corrected chi connectivity index (χ1v) is 15.2. The number of hydrogen-bond donors (Lipinski definition) is 2. The zero-order valence-electron chi connectivity index (χ0n) is 23.6. The van der Waals surface area contributed by atoms with E-state index in [4.69, 9.17) is 9.97 Å². The van der Waals surface area contributed by atoms with Crippen molar-refractivity contribution >= 4 is 23.1 Å². The number of carbonyl (C=O) groups is 1. The summed E-state index contributed by atoms with van der Waals surface area (Å²) in [5.74, 6) is -0.219. The summed E-state index contributed by atoms with van der Waals surface area (Å²) in [7, 11) is 0. The molecule has 3 heterocycles. The van der Waals surface area contributed by atoms with Crippen LogP contribution in [0.3, 0.4) is 0 Å². The molecule has 0 amide bonds. The minimum Gasteiger partial charge on any atom is -0.481 e. The number of hydrogen-bond acceptors (Lipinski definition) is 5. The van der Waals surface area contributed by atoms with Crippen molar-refractivity contribution in [2.45, 2.75) is 102 Å². The van der Waals surface area contributed by atoms with Crippen LogP contribution in [0.4, 0.5) is 14.6 Å². The molecule has 40 heavy (non-hydrogen) atoms. The Morgan fingerprint density at radius 1 is 1.12 bits per heavy atom. The van der Waals surface area contributed by atoms with Crippen molar-refractivity contribution in [1.82, 2.24) is 9.97 Å². The van der Waals surface area contributed by atoms with Crippen molar-refractivity contribution in [3.8, 4) is 0 Å². The van der Waals surface area contributed by atoms with Crippen molar-refractivity contribution < 1.29 is 18.7 Å². The number of benzene rings is 1. The van der Waals surface area contributed by atoms with Gasteiger partial charge in [0.2, 0.25) is 6.43 Å². The second-order valence-corrected chi connectivity index (χ2v) is 13.4. The number of nitrogens with one attached hydrogen (secondary N) is 1. The maximum absolute atomic E-state index is 14.1. The van der Waals surface area contributed by atoms with Gasteiger partial charge in [-0.2, -0.15) is 0 Å². The zero-order valence-corrected chi connectivity index (χ0v) is 24.4. The van der Waals surface area contributed by atoms with Crippen LogP contribution in [0.2, 0.25) is 0 Å². The van der Waals surface area contributed by atoms with Gasteiger partial charge in [0, 0.05) is 17.6 Å². The second kappa shape index (κ2) is 11.6. The fourth-order valence-corrected chi connectivity index (χ4v) is 6.49. The third-order valence-electron chi connectivity index (χ3n) is 8.33. The highest BCUT2D eigenvalue weighted by Gasteiger charge is 2.52. The van der Waals surface area contributed by atoms with Crippen molar-refractivity contribution in [2.24, 2.45) is 0 Å². The number of fused-ring (bicyclic) bond motifs is 1. The number of rotatable bonds is 11. The molecule has 8 heteroatoms. The van der Waals surface area contributed by atoms with E-state index in [1.54, 1.807) is 11.3 Å². The molecular formula is C32H39F2N3O2S. The molecule has 2 N–H and O–H groups in total. The summed E-state index contributed by atoms with van der Waals surface area (Å²) in [4.78, 5) is 21.5. The van der Waals surface area contributed by atoms with Gasteiger partial charge >= 0.3 is 5.97 Å². The van der Waals surface area contributed by atoms with Gasteiger partial charge in [-0.3, -0.25) is 4.79 Å². The van der Waals surface area contributed by atoms with Crippen molar-refractivity contribution in [2.75, 3.05) is 11.9 Å².